The van der Waals surface area contributed by atoms with Crippen LogP contribution in [0.5, 0.6) is 0 Å². The number of rotatable bonds is 5. The fourth-order valence-corrected chi connectivity index (χ4v) is 3.42. The average molecular weight is 483 g/mol. The average Bonchev–Trinajstić information content (AvgIpc) is 3.25. The van der Waals surface area contributed by atoms with Crippen molar-refractivity contribution < 1.29 is 0 Å². The molecule has 0 aromatic carbocycles. The molecule has 2 aromatic heterocycles. The Morgan fingerprint density at radius 1 is 1.37 bits per heavy atom. The Hall–Kier alpha value is -1.84. The van der Waals surface area contributed by atoms with Crippen LogP contribution < -0.4 is 10.2 Å². The van der Waals surface area contributed by atoms with Gasteiger partial charge in [0.1, 0.15) is 5.82 Å². The first-order chi connectivity index (χ1) is 12.5. The zero-order valence-corrected chi connectivity index (χ0v) is 18.9. The Balaban J connectivity index is 0.00000261. The topological polar surface area (TPSA) is 61.6 Å². The number of halogens is 1. The van der Waals surface area contributed by atoms with Crippen LogP contribution in [-0.2, 0) is 20.0 Å². The van der Waals surface area contributed by atoms with Gasteiger partial charge in [-0.3, -0.25) is 9.67 Å². The number of aliphatic imine (C=N–C) groups is 1. The van der Waals surface area contributed by atoms with Crippen molar-refractivity contribution in [2.24, 2.45) is 18.0 Å². The molecule has 1 aliphatic heterocycles. The standard InChI is InChI=1S/C19H29N7.HI/c1-20-19(21-12-17-6-5-7-18(23-17)24(2)3)26-9-8-15(14-26)10-16-11-22-25(4)13-16;/h5-7,11,13,15H,8-10,12,14H2,1-4H3,(H,20,21);1H. The van der Waals surface area contributed by atoms with Crippen LogP contribution in [-0.4, -0.2) is 59.9 Å². The summed E-state index contributed by atoms with van der Waals surface area (Å²) in [6.45, 7) is 2.74. The van der Waals surface area contributed by atoms with Crippen LogP contribution in [0.4, 0.5) is 5.82 Å². The van der Waals surface area contributed by atoms with Crippen molar-refractivity contribution in [2.75, 3.05) is 39.1 Å². The van der Waals surface area contributed by atoms with Gasteiger partial charge in [-0.1, -0.05) is 6.07 Å². The zero-order valence-electron chi connectivity index (χ0n) is 16.6. The van der Waals surface area contributed by atoms with Crippen molar-refractivity contribution in [3.8, 4) is 0 Å². The Labute approximate surface area is 178 Å². The van der Waals surface area contributed by atoms with Crippen LogP contribution >= 0.6 is 24.0 Å². The molecule has 3 rings (SSSR count). The van der Waals surface area contributed by atoms with E-state index in [1.165, 1.54) is 12.0 Å². The predicted octanol–water partition coefficient (Wildman–Crippen LogP) is 2.14. The van der Waals surface area contributed by atoms with Gasteiger partial charge in [-0.2, -0.15) is 5.10 Å². The maximum Gasteiger partial charge on any atom is 0.193 e. The van der Waals surface area contributed by atoms with Gasteiger partial charge in [0.05, 0.1) is 18.4 Å². The molecule has 27 heavy (non-hydrogen) atoms. The van der Waals surface area contributed by atoms with Gasteiger partial charge in [-0.15, -0.1) is 24.0 Å². The molecule has 3 heterocycles. The largest absolute Gasteiger partial charge is 0.363 e. The number of pyridine rings is 1. The summed E-state index contributed by atoms with van der Waals surface area (Å²) in [6.07, 6.45) is 6.34. The minimum atomic E-state index is 0. The lowest BCUT2D eigenvalue weighted by molar-refractivity contribution is 0.459. The number of nitrogens with zero attached hydrogens (tertiary/aromatic N) is 6. The number of anilines is 1. The van der Waals surface area contributed by atoms with Crippen LogP contribution in [0, 0.1) is 5.92 Å². The summed E-state index contributed by atoms with van der Waals surface area (Å²) in [5.41, 5.74) is 2.33. The van der Waals surface area contributed by atoms with Crippen molar-refractivity contribution in [3.63, 3.8) is 0 Å². The summed E-state index contributed by atoms with van der Waals surface area (Å²) in [6, 6.07) is 6.10. The van der Waals surface area contributed by atoms with Crippen LogP contribution in [0.2, 0.25) is 0 Å². The van der Waals surface area contributed by atoms with Gasteiger partial charge >= 0.3 is 0 Å². The zero-order chi connectivity index (χ0) is 18.5. The second-order valence-electron chi connectivity index (χ2n) is 7.11. The van der Waals surface area contributed by atoms with E-state index in [1.807, 2.05) is 62.2 Å². The SMILES string of the molecule is CN=C(NCc1cccc(N(C)C)n1)N1CCC(Cc2cnn(C)c2)C1.I. The second-order valence-corrected chi connectivity index (χ2v) is 7.11. The van der Waals surface area contributed by atoms with Crippen LogP contribution in [0.1, 0.15) is 17.7 Å². The minimum Gasteiger partial charge on any atom is -0.363 e. The van der Waals surface area contributed by atoms with E-state index in [2.05, 4.69) is 31.5 Å². The first-order valence-corrected chi connectivity index (χ1v) is 9.11. The lowest BCUT2D eigenvalue weighted by Crippen LogP contribution is -2.39. The third-order valence-electron chi connectivity index (χ3n) is 4.76. The van der Waals surface area contributed by atoms with Gasteiger partial charge in [-0.05, 0) is 36.5 Å². The van der Waals surface area contributed by atoms with Gasteiger partial charge < -0.3 is 15.1 Å². The number of nitrogens with one attached hydrogen (secondary N) is 1. The molecule has 0 spiro atoms. The summed E-state index contributed by atoms with van der Waals surface area (Å²) in [4.78, 5) is 13.5. The monoisotopic (exact) mass is 483 g/mol. The van der Waals surface area contributed by atoms with Crippen LogP contribution in [0.15, 0.2) is 35.6 Å². The Kier molecular flexibility index (Phi) is 7.88. The summed E-state index contributed by atoms with van der Waals surface area (Å²) < 4.78 is 1.87. The van der Waals surface area contributed by atoms with Gasteiger partial charge in [-0.25, -0.2) is 4.98 Å². The highest BCUT2D eigenvalue weighted by molar-refractivity contribution is 14.0. The van der Waals surface area contributed by atoms with Gasteiger partial charge in [0, 0.05) is 47.5 Å². The summed E-state index contributed by atoms with van der Waals surface area (Å²) in [7, 11) is 7.83. The van der Waals surface area contributed by atoms with Crippen molar-refractivity contribution >= 4 is 35.8 Å². The van der Waals surface area contributed by atoms with E-state index in [-0.39, 0.29) is 24.0 Å². The molecule has 0 radical (unpaired) electrons. The number of likely N-dealkylation sites (tertiary alicyclic amines) is 1. The molecule has 8 heteroatoms. The Bertz CT molecular complexity index is 756. The molecule has 1 N–H and O–H groups in total. The molecule has 0 amide bonds. The summed E-state index contributed by atoms with van der Waals surface area (Å²) in [5.74, 6) is 2.57. The molecule has 2 aromatic rings. The van der Waals surface area contributed by atoms with E-state index in [0.29, 0.717) is 12.5 Å². The smallest absolute Gasteiger partial charge is 0.193 e. The molecular formula is C19H30IN7. The van der Waals surface area contributed by atoms with Crippen LogP contribution in [0.3, 0.4) is 0 Å². The normalized spacial score (nSPS) is 17.0. The highest BCUT2D eigenvalue weighted by Gasteiger charge is 2.25. The van der Waals surface area contributed by atoms with Crippen molar-refractivity contribution in [1.82, 2.24) is 25.0 Å². The molecule has 1 atom stereocenters. The molecular weight excluding hydrogens is 453 g/mol. The number of guanidine groups is 1. The van der Waals surface area contributed by atoms with Gasteiger partial charge in [0.15, 0.2) is 5.96 Å². The fourth-order valence-electron chi connectivity index (χ4n) is 3.42. The third-order valence-corrected chi connectivity index (χ3v) is 4.76. The summed E-state index contributed by atoms with van der Waals surface area (Å²) in [5, 5.41) is 7.73. The molecule has 148 valence electrons. The maximum absolute atomic E-state index is 4.66. The van der Waals surface area contributed by atoms with Crippen LogP contribution in [0.25, 0.3) is 0 Å². The first kappa shape index (κ1) is 21.5. The van der Waals surface area contributed by atoms with E-state index in [0.717, 1.165) is 37.0 Å². The van der Waals surface area contributed by atoms with Crippen molar-refractivity contribution in [1.29, 1.82) is 0 Å². The van der Waals surface area contributed by atoms with E-state index < -0.39 is 0 Å². The number of aryl methyl sites for hydroxylation is 1. The number of hydrogen-bond acceptors (Lipinski definition) is 4. The quantitative estimate of drug-likeness (QED) is 0.401. The van der Waals surface area contributed by atoms with E-state index in [9.17, 15) is 0 Å². The Morgan fingerprint density at radius 3 is 2.85 bits per heavy atom. The predicted molar refractivity (Wildman–Crippen MR) is 121 cm³/mol. The molecule has 0 aliphatic carbocycles. The maximum atomic E-state index is 4.66. The fraction of sp³-hybridized carbons (Fsp3) is 0.526. The van der Waals surface area contributed by atoms with Gasteiger partial charge in [0.25, 0.3) is 0 Å². The van der Waals surface area contributed by atoms with Crippen molar-refractivity contribution in [3.05, 3.63) is 41.9 Å². The molecule has 1 saturated heterocycles. The third kappa shape index (κ3) is 5.82. The minimum absolute atomic E-state index is 0. The second kappa shape index (κ2) is 9.91. The van der Waals surface area contributed by atoms with E-state index in [1.54, 1.807) is 0 Å². The molecule has 1 aliphatic rings. The number of hydrogen-bond donors (Lipinski definition) is 1. The lowest BCUT2D eigenvalue weighted by atomic mass is 10.0. The lowest BCUT2D eigenvalue weighted by Gasteiger charge is -2.22. The van der Waals surface area contributed by atoms with Gasteiger partial charge in [0.2, 0.25) is 0 Å². The number of aromatic nitrogens is 3. The molecule has 1 unspecified atom stereocenters. The highest BCUT2D eigenvalue weighted by Crippen LogP contribution is 2.20. The summed E-state index contributed by atoms with van der Waals surface area (Å²) >= 11 is 0. The molecule has 0 saturated carbocycles. The van der Waals surface area contributed by atoms with E-state index in [4.69, 9.17) is 0 Å². The van der Waals surface area contributed by atoms with Crippen molar-refractivity contribution in [2.45, 2.75) is 19.4 Å². The first-order valence-electron chi connectivity index (χ1n) is 9.11. The Morgan fingerprint density at radius 2 is 2.19 bits per heavy atom. The highest BCUT2D eigenvalue weighted by atomic mass is 127. The molecule has 1 fully saturated rings. The molecule has 7 nitrogen and oxygen atoms in total. The van der Waals surface area contributed by atoms with E-state index >= 15 is 0 Å². The molecule has 0 bridgehead atoms.